The number of benzene rings is 1. The summed E-state index contributed by atoms with van der Waals surface area (Å²) in [4.78, 5) is 24.5. The van der Waals surface area contributed by atoms with E-state index in [-0.39, 0.29) is 5.28 Å². The predicted molar refractivity (Wildman–Crippen MR) is 124 cm³/mol. The maximum absolute atomic E-state index is 6.31. The maximum Gasteiger partial charge on any atom is 0.225 e. The van der Waals surface area contributed by atoms with Gasteiger partial charge in [-0.15, -0.1) is 11.3 Å². The van der Waals surface area contributed by atoms with Crippen LogP contribution in [0, 0.1) is 6.92 Å². The summed E-state index contributed by atoms with van der Waals surface area (Å²) in [5, 5.41) is 2.04. The van der Waals surface area contributed by atoms with Crippen LogP contribution >= 0.6 is 34.5 Å². The molecule has 0 bridgehead atoms. The average molecular weight is 457 g/mol. The SMILES string of the molecule is Cc1sc2nc(Cl)nc(N3CCN(c4ncccn4)CC3)c2c1-c1ccc(Cl)cc1. The minimum Gasteiger partial charge on any atom is -0.352 e. The summed E-state index contributed by atoms with van der Waals surface area (Å²) in [6.07, 6.45) is 3.55. The zero-order valence-electron chi connectivity index (χ0n) is 16.2. The van der Waals surface area contributed by atoms with E-state index in [1.807, 2.05) is 30.3 Å². The number of piperazine rings is 1. The molecule has 1 aromatic carbocycles. The summed E-state index contributed by atoms with van der Waals surface area (Å²) in [5.41, 5.74) is 2.25. The quantitative estimate of drug-likeness (QED) is 0.400. The van der Waals surface area contributed by atoms with E-state index >= 15 is 0 Å². The fourth-order valence-electron chi connectivity index (χ4n) is 3.83. The van der Waals surface area contributed by atoms with Gasteiger partial charge in [-0.3, -0.25) is 0 Å². The Bertz CT molecular complexity index is 1190. The van der Waals surface area contributed by atoms with E-state index in [0.29, 0.717) is 0 Å². The number of hydrogen-bond donors (Lipinski definition) is 0. The number of rotatable bonds is 3. The minimum atomic E-state index is 0.273. The molecule has 1 fully saturated rings. The number of thiophene rings is 1. The highest BCUT2D eigenvalue weighted by Crippen LogP contribution is 2.42. The zero-order valence-corrected chi connectivity index (χ0v) is 18.5. The summed E-state index contributed by atoms with van der Waals surface area (Å²) in [6.45, 7) is 5.34. The molecule has 4 heterocycles. The molecule has 0 amide bonds. The lowest BCUT2D eigenvalue weighted by Crippen LogP contribution is -2.47. The Labute approximate surface area is 188 Å². The molecule has 0 unspecified atom stereocenters. The first kappa shape index (κ1) is 19.5. The van der Waals surface area contributed by atoms with Crippen molar-refractivity contribution in [3.8, 4) is 11.1 Å². The molecule has 0 spiro atoms. The van der Waals surface area contributed by atoms with E-state index in [1.54, 1.807) is 23.7 Å². The Balaban J connectivity index is 1.54. The second kappa shape index (κ2) is 7.98. The summed E-state index contributed by atoms with van der Waals surface area (Å²) in [5.74, 6) is 1.64. The van der Waals surface area contributed by atoms with Crippen LogP contribution in [0.15, 0.2) is 42.7 Å². The van der Waals surface area contributed by atoms with E-state index < -0.39 is 0 Å². The van der Waals surface area contributed by atoms with Crippen LogP contribution in [0.2, 0.25) is 10.3 Å². The highest BCUT2D eigenvalue weighted by atomic mass is 35.5. The topological polar surface area (TPSA) is 58.0 Å². The number of nitrogens with zero attached hydrogens (tertiary/aromatic N) is 6. The van der Waals surface area contributed by atoms with Gasteiger partial charge < -0.3 is 9.80 Å². The highest BCUT2D eigenvalue weighted by molar-refractivity contribution is 7.19. The third-order valence-corrected chi connectivity index (χ3v) is 6.65. The molecule has 0 N–H and O–H groups in total. The van der Waals surface area contributed by atoms with Crippen LogP contribution in [0.25, 0.3) is 21.3 Å². The second-order valence-corrected chi connectivity index (χ2v) is 9.04. The van der Waals surface area contributed by atoms with Crippen molar-refractivity contribution in [2.45, 2.75) is 6.92 Å². The van der Waals surface area contributed by atoms with Gasteiger partial charge >= 0.3 is 0 Å². The van der Waals surface area contributed by atoms with Crippen molar-refractivity contribution in [1.29, 1.82) is 0 Å². The molecule has 3 aromatic heterocycles. The normalized spacial score (nSPS) is 14.5. The lowest BCUT2D eigenvalue weighted by atomic mass is 10.0. The van der Waals surface area contributed by atoms with E-state index in [4.69, 9.17) is 23.2 Å². The minimum absolute atomic E-state index is 0.273. The fraction of sp³-hybridized carbons (Fsp3) is 0.238. The number of hydrogen-bond acceptors (Lipinski definition) is 7. The first-order valence-corrected chi connectivity index (χ1v) is 11.2. The third kappa shape index (κ3) is 3.57. The van der Waals surface area contributed by atoms with Crippen LogP contribution in [0.5, 0.6) is 0 Å². The Morgan fingerprint density at radius 1 is 0.900 bits per heavy atom. The number of aryl methyl sites for hydroxylation is 1. The lowest BCUT2D eigenvalue weighted by Gasteiger charge is -2.35. The fourth-order valence-corrected chi connectivity index (χ4v) is 5.21. The van der Waals surface area contributed by atoms with Gasteiger partial charge in [0.2, 0.25) is 11.2 Å². The molecule has 0 aliphatic carbocycles. The Morgan fingerprint density at radius 2 is 1.57 bits per heavy atom. The molecular formula is C21H18Cl2N6S. The molecule has 9 heteroatoms. The van der Waals surface area contributed by atoms with E-state index in [0.717, 1.165) is 64.3 Å². The van der Waals surface area contributed by atoms with Gasteiger partial charge in [0.15, 0.2) is 0 Å². The van der Waals surface area contributed by atoms with Gasteiger partial charge in [0.05, 0.1) is 5.39 Å². The monoisotopic (exact) mass is 456 g/mol. The third-order valence-electron chi connectivity index (χ3n) is 5.23. The zero-order chi connectivity index (χ0) is 20.7. The molecule has 4 aromatic rings. The number of fused-ring (bicyclic) bond motifs is 1. The van der Waals surface area contributed by atoms with Crippen LogP contribution in [-0.4, -0.2) is 46.1 Å². The van der Waals surface area contributed by atoms with Crippen molar-refractivity contribution in [2.75, 3.05) is 36.0 Å². The lowest BCUT2D eigenvalue weighted by molar-refractivity contribution is 0.636. The van der Waals surface area contributed by atoms with Gasteiger partial charge in [0.1, 0.15) is 10.6 Å². The molecule has 30 heavy (non-hydrogen) atoms. The number of aromatic nitrogens is 4. The van der Waals surface area contributed by atoms with E-state index in [2.05, 4.69) is 36.7 Å². The Kier molecular flexibility index (Phi) is 5.18. The van der Waals surface area contributed by atoms with Crippen LogP contribution in [-0.2, 0) is 0 Å². The van der Waals surface area contributed by atoms with E-state index in [9.17, 15) is 0 Å². The molecular weight excluding hydrogens is 439 g/mol. The standard InChI is InChI=1S/C21H18Cl2N6S/c1-13-16(14-3-5-15(22)6-4-14)17-18(26-20(23)27-19(17)30-13)28-9-11-29(12-10-28)21-24-7-2-8-25-21/h2-8H,9-12H2,1H3. The van der Waals surface area contributed by atoms with Gasteiger partial charge in [0.25, 0.3) is 0 Å². The molecule has 1 saturated heterocycles. The Hall–Kier alpha value is -2.48. The molecule has 0 radical (unpaired) electrons. The summed E-state index contributed by atoms with van der Waals surface area (Å²) >= 11 is 14.1. The van der Waals surface area contributed by atoms with Crippen molar-refractivity contribution in [1.82, 2.24) is 19.9 Å². The summed E-state index contributed by atoms with van der Waals surface area (Å²) in [7, 11) is 0. The molecule has 1 aliphatic heterocycles. The Morgan fingerprint density at radius 3 is 2.27 bits per heavy atom. The van der Waals surface area contributed by atoms with E-state index in [1.165, 1.54) is 4.88 Å². The number of halogens is 2. The predicted octanol–water partition coefficient (Wildman–Crippen LogP) is 5.09. The molecule has 0 saturated carbocycles. The summed E-state index contributed by atoms with van der Waals surface area (Å²) < 4.78 is 0. The van der Waals surface area contributed by atoms with Crippen LogP contribution in [0.1, 0.15) is 4.88 Å². The molecule has 152 valence electrons. The van der Waals surface area contributed by atoms with Gasteiger partial charge in [-0.05, 0) is 42.3 Å². The largest absolute Gasteiger partial charge is 0.352 e. The molecule has 5 rings (SSSR count). The van der Waals surface area contributed by atoms with Crippen molar-refractivity contribution in [2.24, 2.45) is 0 Å². The smallest absolute Gasteiger partial charge is 0.225 e. The maximum atomic E-state index is 6.31. The first-order valence-electron chi connectivity index (χ1n) is 9.59. The van der Waals surface area contributed by atoms with Crippen molar-refractivity contribution < 1.29 is 0 Å². The molecule has 0 atom stereocenters. The van der Waals surface area contributed by atoms with Crippen LogP contribution in [0.4, 0.5) is 11.8 Å². The second-order valence-electron chi connectivity index (χ2n) is 7.06. The first-order chi connectivity index (χ1) is 14.6. The highest BCUT2D eigenvalue weighted by Gasteiger charge is 2.25. The summed E-state index contributed by atoms with van der Waals surface area (Å²) in [6, 6.07) is 9.74. The molecule has 6 nitrogen and oxygen atoms in total. The van der Waals surface area contributed by atoms with Crippen molar-refractivity contribution >= 4 is 56.5 Å². The van der Waals surface area contributed by atoms with Crippen molar-refractivity contribution in [3.63, 3.8) is 0 Å². The van der Waals surface area contributed by atoms with Gasteiger partial charge in [-0.25, -0.2) is 15.0 Å². The van der Waals surface area contributed by atoms with Crippen LogP contribution < -0.4 is 9.80 Å². The van der Waals surface area contributed by atoms with Gasteiger partial charge in [-0.2, -0.15) is 4.98 Å². The molecule has 1 aliphatic rings. The van der Waals surface area contributed by atoms with Crippen molar-refractivity contribution in [3.05, 3.63) is 57.9 Å². The van der Waals surface area contributed by atoms with Gasteiger partial charge in [0, 0.05) is 54.0 Å². The van der Waals surface area contributed by atoms with Crippen LogP contribution in [0.3, 0.4) is 0 Å². The number of anilines is 2. The van der Waals surface area contributed by atoms with Gasteiger partial charge in [-0.1, -0.05) is 23.7 Å². The average Bonchev–Trinajstić information content (AvgIpc) is 3.10.